The summed E-state index contributed by atoms with van der Waals surface area (Å²) in [5, 5.41) is 1.03. The van der Waals surface area contributed by atoms with Crippen molar-refractivity contribution in [3.63, 3.8) is 0 Å². The van der Waals surface area contributed by atoms with E-state index in [2.05, 4.69) is 36.6 Å². The minimum absolute atomic E-state index is 0.0780. The normalized spacial score (nSPS) is 11.0. The van der Waals surface area contributed by atoms with Gasteiger partial charge in [0.05, 0.1) is 18.3 Å². The van der Waals surface area contributed by atoms with Gasteiger partial charge in [-0.05, 0) is 42.2 Å². The largest absolute Gasteiger partial charge is 0.496 e. The molecular formula is C22H25NO2. The lowest BCUT2D eigenvalue weighted by Gasteiger charge is -2.15. The van der Waals surface area contributed by atoms with Crippen molar-refractivity contribution in [3.05, 3.63) is 64.8 Å². The van der Waals surface area contributed by atoms with Gasteiger partial charge in [0, 0.05) is 18.9 Å². The van der Waals surface area contributed by atoms with Crippen LogP contribution < -0.4 is 4.74 Å². The lowest BCUT2D eigenvalue weighted by Crippen LogP contribution is -2.09. The van der Waals surface area contributed by atoms with E-state index >= 15 is 0 Å². The van der Waals surface area contributed by atoms with Crippen molar-refractivity contribution in [1.29, 1.82) is 0 Å². The number of benzene rings is 2. The SMILES string of the molecule is CCCc1c(C)cc(OC)c2cc(C(C)=O)n(Cc3ccccc3)c12. The van der Waals surface area contributed by atoms with Crippen LogP contribution in [0.2, 0.25) is 0 Å². The van der Waals surface area contributed by atoms with Gasteiger partial charge >= 0.3 is 0 Å². The number of ether oxygens (including phenoxy) is 1. The molecule has 0 radical (unpaired) electrons. The second-order valence-corrected chi connectivity index (χ2v) is 6.54. The molecule has 0 aliphatic carbocycles. The van der Waals surface area contributed by atoms with Crippen LogP contribution in [0.25, 0.3) is 10.9 Å². The van der Waals surface area contributed by atoms with Crippen molar-refractivity contribution in [2.75, 3.05) is 7.11 Å². The molecule has 0 atom stereocenters. The third kappa shape index (κ3) is 3.19. The second-order valence-electron chi connectivity index (χ2n) is 6.54. The van der Waals surface area contributed by atoms with E-state index in [1.807, 2.05) is 24.3 Å². The number of hydrogen-bond donors (Lipinski definition) is 0. The molecule has 1 heterocycles. The average molecular weight is 335 g/mol. The number of methoxy groups -OCH3 is 1. The molecule has 0 saturated heterocycles. The molecule has 0 amide bonds. The number of hydrogen-bond acceptors (Lipinski definition) is 2. The molecule has 3 aromatic rings. The van der Waals surface area contributed by atoms with E-state index in [0.717, 1.165) is 35.2 Å². The lowest BCUT2D eigenvalue weighted by atomic mass is 10.00. The molecule has 0 aliphatic heterocycles. The van der Waals surface area contributed by atoms with E-state index in [9.17, 15) is 4.79 Å². The number of rotatable bonds is 6. The summed E-state index contributed by atoms with van der Waals surface area (Å²) in [7, 11) is 1.69. The number of fused-ring (bicyclic) bond motifs is 1. The van der Waals surface area contributed by atoms with Crippen LogP contribution >= 0.6 is 0 Å². The lowest BCUT2D eigenvalue weighted by molar-refractivity contribution is 0.101. The van der Waals surface area contributed by atoms with Gasteiger partial charge in [0.25, 0.3) is 0 Å². The zero-order valence-corrected chi connectivity index (χ0v) is 15.4. The highest BCUT2D eigenvalue weighted by Gasteiger charge is 2.20. The Kier molecular flexibility index (Phi) is 4.93. The first kappa shape index (κ1) is 17.3. The molecule has 25 heavy (non-hydrogen) atoms. The second kappa shape index (κ2) is 7.14. The predicted molar refractivity (Wildman–Crippen MR) is 103 cm³/mol. The minimum Gasteiger partial charge on any atom is -0.496 e. The van der Waals surface area contributed by atoms with Gasteiger partial charge in [0.1, 0.15) is 5.75 Å². The van der Waals surface area contributed by atoms with Crippen molar-refractivity contribution >= 4 is 16.7 Å². The molecule has 0 N–H and O–H groups in total. The Hall–Kier alpha value is -2.55. The first-order valence-electron chi connectivity index (χ1n) is 8.81. The van der Waals surface area contributed by atoms with E-state index in [-0.39, 0.29) is 5.78 Å². The first-order chi connectivity index (χ1) is 12.1. The molecule has 3 rings (SSSR count). The summed E-state index contributed by atoms with van der Waals surface area (Å²) < 4.78 is 7.78. The predicted octanol–water partition coefficient (Wildman–Crippen LogP) is 5.16. The van der Waals surface area contributed by atoms with Gasteiger partial charge in [-0.25, -0.2) is 0 Å². The number of aromatic nitrogens is 1. The topological polar surface area (TPSA) is 31.2 Å². The van der Waals surface area contributed by atoms with E-state index in [1.165, 1.54) is 16.7 Å². The molecule has 0 saturated carbocycles. The fourth-order valence-electron chi connectivity index (χ4n) is 3.57. The highest BCUT2D eigenvalue weighted by atomic mass is 16.5. The Balaban J connectivity index is 2.33. The maximum Gasteiger partial charge on any atom is 0.176 e. The average Bonchev–Trinajstić information content (AvgIpc) is 2.97. The van der Waals surface area contributed by atoms with Gasteiger partial charge in [-0.2, -0.15) is 0 Å². The first-order valence-corrected chi connectivity index (χ1v) is 8.81. The molecule has 0 bridgehead atoms. The smallest absolute Gasteiger partial charge is 0.176 e. The molecule has 130 valence electrons. The molecule has 0 fully saturated rings. The van der Waals surface area contributed by atoms with Gasteiger partial charge in [0.2, 0.25) is 0 Å². The number of carbonyl (C=O) groups is 1. The molecule has 3 nitrogen and oxygen atoms in total. The van der Waals surface area contributed by atoms with Crippen LogP contribution in [0.4, 0.5) is 0 Å². The zero-order valence-electron chi connectivity index (χ0n) is 15.4. The van der Waals surface area contributed by atoms with Crippen LogP contribution in [0.1, 0.15) is 47.4 Å². The van der Waals surface area contributed by atoms with Gasteiger partial charge in [-0.1, -0.05) is 43.7 Å². The van der Waals surface area contributed by atoms with E-state index in [4.69, 9.17) is 4.74 Å². The third-order valence-corrected chi connectivity index (χ3v) is 4.74. The van der Waals surface area contributed by atoms with Gasteiger partial charge in [-0.3, -0.25) is 4.79 Å². The summed E-state index contributed by atoms with van der Waals surface area (Å²) in [6, 6.07) is 14.4. The van der Waals surface area contributed by atoms with Crippen LogP contribution in [0.3, 0.4) is 0 Å². The monoisotopic (exact) mass is 335 g/mol. The summed E-state index contributed by atoms with van der Waals surface area (Å²) in [6.45, 7) is 6.63. The van der Waals surface area contributed by atoms with Crippen molar-refractivity contribution in [1.82, 2.24) is 4.57 Å². The van der Waals surface area contributed by atoms with E-state index in [1.54, 1.807) is 14.0 Å². The fourth-order valence-corrected chi connectivity index (χ4v) is 3.57. The molecular weight excluding hydrogens is 310 g/mol. The van der Waals surface area contributed by atoms with Crippen molar-refractivity contribution in [3.8, 4) is 5.75 Å². The maximum atomic E-state index is 12.3. The highest BCUT2D eigenvalue weighted by molar-refractivity contribution is 6.01. The molecule has 0 spiro atoms. The van der Waals surface area contributed by atoms with Gasteiger partial charge in [0.15, 0.2) is 5.78 Å². The molecule has 0 aliphatic rings. The Morgan fingerprint density at radius 2 is 1.88 bits per heavy atom. The van der Waals surface area contributed by atoms with Crippen molar-refractivity contribution in [2.45, 2.75) is 40.2 Å². The number of ketones is 1. The minimum atomic E-state index is 0.0780. The van der Waals surface area contributed by atoms with Crippen LogP contribution in [0.5, 0.6) is 5.75 Å². The Bertz CT molecular complexity index is 907. The van der Waals surface area contributed by atoms with Gasteiger partial charge in [-0.15, -0.1) is 0 Å². The summed E-state index contributed by atoms with van der Waals surface area (Å²) in [6.07, 6.45) is 2.05. The van der Waals surface area contributed by atoms with Crippen molar-refractivity contribution < 1.29 is 9.53 Å². The Labute approximate surface area is 149 Å². The summed E-state index contributed by atoms with van der Waals surface area (Å²) in [5.41, 5.74) is 5.58. The molecule has 0 unspecified atom stereocenters. The van der Waals surface area contributed by atoms with Crippen LogP contribution in [0.15, 0.2) is 42.5 Å². The standard InChI is InChI=1S/C22H25NO2/c1-5-9-18-15(2)12-21(25-4)19-13-20(16(3)24)23(22(18)19)14-17-10-7-6-8-11-17/h6-8,10-13H,5,9,14H2,1-4H3. The fraction of sp³-hybridized carbons (Fsp3) is 0.318. The summed E-state index contributed by atoms with van der Waals surface area (Å²) in [4.78, 5) is 12.3. The Morgan fingerprint density at radius 1 is 1.16 bits per heavy atom. The molecule has 1 aromatic heterocycles. The quantitative estimate of drug-likeness (QED) is 0.583. The zero-order chi connectivity index (χ0) is 18.0. The molecule has 3 heteroatoms. The van der Waals surface area contributed by atoms with E-state index in [0.29, 0.717) is 6.54 Å². The maximum absolute atomic E-state index is 12.3. The van der Waals surface area contributed by atoms with Crippen molar-refractivity contribution in [2.24, 2.45) is 0 Å². The number of carbonyl (C=O) groups excluding carboxylic acids is 1. The van der Waals surface area contributed by atoms with Gasteiger partial charge < -0.3 is 9.30 Å². The number of aryl methyl sites for hydroxylation is 2. The number of Topliss-reactive ketones (excluding diaryl/α,β-unsaturated/α-hetero) is 1. The molecule has 2 aromatic carbocycles. The third-order valence-electron chi connectivity index (χ3n) is 4.74. The van der Waals surface area contributed by atoms with Crippen LogP contribution in [-0.4, -0.2) is 17.5 Å². The number of nitrogens with zero attached hydrogens (tertiary/aromatic N) is 1. The summed E-state index contributed by atoms with van der Waals surface area (Å²) in [5.74, 6) is 0.913. The summed E-state index contributed by atoms with van der Waals surface area (Å²) >= 11 is 0. The van der Waals surface area contributed by atoms with E-state index < -0.39 is 0 Å². The highest BCUT2D eigenvalue weighted by Crippen LogP contribution is 2.35. The Morgan fingerprint density at radius 3 is 2.48 bits per heavy atom. The van der Waals surface area contributed by atoms with Crippen LogP contribution in [0, 0.1) is 6.92 Å². The van der Waals surface area contributed by atoms with Crippen LogP contribution in [-0.2, 0) is 13.0 Å².